The van der Waals surface area contributed by atoms with E-state index in [4.69, 9.17) is 4.42 Å². The van der Waals surface area contributed by atoms with Crippen molar-refractivity contribution in [2.45, 2.75) is 31.3 Å². The van der Waals surface area contributed by atoms with Gasteiger partial charge in [-0.1, -0.05) is 12.1 Å². The molecule has 0 saturated carbocycles. The highest BCUT2D eigenvalue weighted by Crippen LogP contribution is 2.28. The molecule has 6 heteroatoms. The number of aliphatic hydroxyl groups is 1. The number of sulfone groups is 1. The summed E-state index contributed by atoms with van der Waals surface area (Å²) in [5.41, 5.74) is -0.00981. The van der Waals surface area contributed by atoms with Crippen LogP contribution in [0, 0.1) is 13.8 Å². The Labute approximate surface area is 130 Å². The van der Waals surface area contributed by atoms with Gasteiger partial charge >= 0.3 is 0 Å². The molecule has 0 bridgehead atoms. The Morgan fingerprint density at radius 3 is 2.45 bits per heavy atom. The van der Waals surface area contributed by atoms with Gasteiger partial charge in [-0.05, 0) is 39.0 Å². The van der Waals surface area contributed by atoms with Crippen LogP contribution in [0.15, 0.2) is 39.6 Å². The van der Waals surface area contributed by atoms with Crippen molar-refractivity contribution in [1.82, 2.24) is 0 Å². The number of para-hydroxylation sites is 1. The standard InChI is InChI=1S/C16H21NO4S/c1-11-9-13(12(2)21-11)16(3,18)10-17-14-7-5-6-8-15(14)22(4,19)20/h5-9,17-18H,10H2,1-4H3/t16-/m0/s1. The molecule has 0 aliphatic heterocycles. The van der Waals surface area contributed by atoms with Gasteiger partial charge in [-0.25, -0.2) is 8.42 Å². The Morgan fingerprint density at radius 2 is 1.91 bits per heavy atom. The molecule has 1 aromatic heterocycles. The van der Waals surface area contributed by atoms with Gasteiger partial charge in [0, 0.05) is 18.4 Å². The van der Waals surface area contributed by atoms with E-state index in [0.717, 1.165) is 12.0 Å². The van der Waals surface area contributed by atoms with Crippen molar-refractivity contribution in [1.29, 1.82) is 0 Å². The summed E-state index contributed by atoms with van der Waals surface area (Å²) in [6, 6.07) is 8.43. The van der Waals surface area contributed by atoms with E-state index in [1.54, 1.807) is 44.2 Å². The minimum absolute atomic E-state index is 0.166. The second-order valence-electron chi connectivity index (χ2n) is 5.72. The number of nitrogens with one attached hydrogen (secondary N) is 1. The monoisotopic (exact) mass is 323 g/mol. The lowest BCUT2D eigenvalue weighted by Crippen LogP contribution is -2.31. The highest BCUT2D eigenvalue weighted by atomic mass is 32.2. The van der Waals surface area contributed by atoms with Crippen molar-refractivity contribution in [3.05, 3.63) is 47.4 Å². The molecule has 0 unspecified atom stereocenters. The van der Waals surface area contributed by atoms with Crippen LogP contribution in [-0.2, 0) is 15.4 Å². The van der Waals surface area contributed by atoms with Gasteiger partial charge in [0.05, 0.1) is 10.6 Å². The van der Waals surface area contributed by atoms with E-state index in [1.165, 1.54) is 0 Å². The number of anilines is 1. The van der Waals surface area contributed by atoms with Crippen LogP contribution in [0.2, 0.25) is 0 Å². The van der Waals surface area contributed by atoms with E-state index in [9.17, 15) is 13.5 Å². The fourth-order valence-electron chi connectivity index (χ4n) is 2.46. The summed E-state index contributed by atoms with van der Waals surface area (Å²) < 4.78 is 29.0. The topological polar surface area (TPSA) is 79.5 Å². The first-order valence-electron chi connectivity index (χ1n) is 6.94. The highest BCUT2D eigenvalue weighted by molar-refractivity contribution is 7.90. The average Bonchev–Trinajstić information content (AvgIpc) is 2.76. The minimum Gasteiger partial charge on any atom is -0.466 e. The zero-order valence-corrected chi connectivity index (χ0v) is 14.0. The van der Waals surface area contributed by atoms with Crippen LogP contribution in [0.1, 0.15) is 24.0 Å². The summed E-state index contributed by atoms with van der Waals surface area (Å²) in [6.45, 7) is 5.44. The van der Waals surface area contributed by atoms with Gasteiger partial charge in [0.15, 0.2) is 9.84 Å². The quantitative estimate of drug-likeness (QED) is 0.884. The van der Waals surface area contributed by atoms with Crippen molar-refractivity contribution in [2.24, 2.45) is 0 Å². The molecule has 2 rings (SSSR count). The predicted molar refractivity (Wildman–Crippen MR) is 85.8 cm³/mol. The van der Waals surface area contributed by atoms with Crippen LogP contribution in [-0.4, -0.2) is 26.3 Å². The van der Waals surface area contributed by atoms with Crippen LogP contribution in [0.5, 0.6) is 0 Å². The molecule has 2 aromatic rings. The number of hydrogen-bond donors (Lipinski definition) is 2. The van der Waals surface area contributed by atoms with Crippen molar-refractivity contribution >= 4 is 15.5 Å². The fraction of sp³-hybridized carbons (Fsp3) is 0.375. The van der Waals surface area contributed by atoms with E-state index in [2.05, 4.69) is 5.32 Å². The molecular formula is C16H21NO4S. The number of benzene rings is 1. The molecule has 5 nitrogen and oxygen atoms in total. The maximum absolute atomic E-state index is 11.8. The first-order valence-corrected chi connectivity index (χ1v) is 8.83. The molecule has 2 N–H and O–H groups in total. The van der Waals surface area contributed by atoms with Crippen LogP contribution in [0.4, 0.5) is 5.69 Å². The minimum atomic E-state index is -3.33. The smallest absolute Gasteiger partial charge is 0.177 e. The average molecular weight is 323 g/mol. The Kier molecular flexibility index (Phi) is 4.35. The molecule has 22 heavy (non-hydrogen) atoms. The van der Waals surface area contributed by atoms with Crippen molar-refractivity contribution in [3.63, 3.8) is 0 Å². The molecule has 1 aromatic carbocycles. The van der Waals surface area contributed by atoms with Crippen molar-refractivity contribution in [2.75, 3.05) is 18.1 Å². The second-order valence-corrected chi connectivity index (χ2v) is 7.71. The molecule has 1 heterocycles. The molecular weight excluding hydrogens is 302 g/mol. The third-order valence-electron chi connectivity index (χ3n) is 3.53. The van der Waals surface area contributed by atoms with Gasteiger partial charge < -0.3 is 14.8 Å². The zero-order chi connectivity index (χ0) is 16.5. The second kappa shape index (κ2) is 5.78. The van der Waals surface area contributed by atoms with E-state index in [1.807, 2.05) is 6.92 Å². The Hall–Kier alpha value is -1.79. The molecule has 0 fully saturated rings. The van der Waals surface area contributed by atoms with Crippen LogP contribution in [0.25, 0.3) is 0 Å². The van der Waals surface area contributed by atoms with Gasteiger partial charge in [0.2, 0.25) is 0 Å². The maximum atomic E-state index is 11.8. The number of aryl methyl sites for hydroxylation is 2. The summed E-state index contributed by atoms with van der Waals surface area (Å²) in [5, 5.41) is 13.7. The largest absolute Gasteiger partial charge is 0.466 e. The third-order valence-corrected chi connectivity index (χ3v) is 4.69. The summed E-state index contributed by atoms with van der Waals surface area (Å²) in [7, 11) is -3.33. The molecule has 120 valence electrons. The normalized spacial score (nSPS) is 14.6. The summed E-state index contributed by atoms with van der Waals surface area (Å²) in [5.74, 6) is 1.38. The number of rotatable bonds is 5. The van der Waals surface area contributed by atoms with Gasteiger partial charge in [0.25, 0.3) is 0 Å². The summed E-state index contributed by atoms with van der Waals surface area (Å²) >= 11 is 0. The van der Waals surface area contributed by atoms with Gasteiger partial charge in [-0.15, -0.1) is 0 Å². The van der Waals surface area contributed by atoms with Crippen LogP contribution < -0.4 is 5.32 Å². The third kappa shape index (κ3) is 3.51. The number of hydrogen-bond acceptors (Lipinski definition) is 5. The molecule has 0 amide bonds. The first kappa shape index (κ1) is 16.6. The Balaban J connectivity index is 2.25. The lowest BCUT2D eigenvalue weighted by Gasteiger charge is -2.24. The summed E-state index contributed by atoms with van der Waals surface area (Å²) in [6.07, 6.45) is 1.16. The van der Waals surface area contributed by atoms with E-state index >= 15 is 0 Å². The van der Waals surface area contributed by atoms with Crippen molar-refractivity contribution < 1.29 is 17.9 Å². The summed E-state index contributed by atoms with van der Waals surface area (Å²) in [4.78, 5) is 0.214. The lowest BCUT2D eigenvalue weighted by atomic mass is 9.96. The highest BCUT2D eigenvalue weighted by Gasteiger charge is 2.28. The van der Waals surface area contributed by atoms with Gasteiger partial charge in [-0.2, -0.15) is 0 Å². The SMILES string of the molecule is Cc1cc([C@@](C)(O)CNc2ccccc2S(C)(=O)=O)c(C)o1. The molecule has 0 aliphatic carbocycles. The predicted octanol–water partition coefficient (Wildman–Crippen LogP) is 2.62. The van der Waals surface area contributed by atoms with E-state index in [0.29, 0.717) is 17.0 Å². The first-order chi connectivity index (χ1) is 10.1. The van der Waals surface area contributed by atoms with Crippen molar-refractivity contribution in [3.8, 4) is 0 Å². The van der Waals surface area contributed by atoms with Crippen LogP contribution >= 0.6 is 0 Å². The lowest BCUT2D eigenvalue weighted by molar-refractivity contribution is 0.0699. The molecule has 0 saturated heterocycles. The maximum Gasteiger partial charge on any atom is 0.177 e. The zero-order valence-electron chi connectivity index (χ0n) is 13.2. The number of furan rings is 1. The van der Waals surface area contributed by atoms with Gasteiger partial charge in [-0.3, -0.25) is 0 Å². The molecule has 1 atom stereocenters. The Bertz CT molecular complexity index is 775. The molecule has 0 radical (unpaired) electrons. The molecule has 0 aliphatic rings. The van der Waals surface area contributed by atoms with E-state index in [-0.39, 0.29) is 11.4 Å². The van der Waals surface area contributed by atoms with E-state index < -0.39 is 15.4 Å². The van der Waals surface area contributed by atoms with Gasteiger partial charge in [0.1, 0.15) is 17.1 Å². The van der Waals surface area contributed by atoms with Crippen LogP contribution in [0.3, 0.4) is 0 Å². The molecule has 0 spiro atoms. The fourth-order valence-corrected chi connectivity index (χ4v) is 3.33. The Morgan fingerprint density at radius 1 is 1.27 bits per heavy atom.